The Morgan fingerprint density at radius 1 is 0.886 bits per heavy atom. The topological polar surface area (TPSA) is 89.0 Å². The molecule has 0 aliphatic carbocycles. The first-order valence-electron chi connectivity index (χ1n) is 10.4. The highest BCUT2D eigenvalue weighted by Gasteiger charge is 2.20. The van der Waals surface area contributed by atoms with E-state index in [2.05, 4.69) is 15.3 Å². The predicted octanol–water partition coefficient (Wildman–Crippen LogP) is 3.88. The van der Waals surface area contributed by atoms with Gasteiger partial charge in [0.1, 0.15) is 5.69 Å². The molecule has 0 N–H and O–H groups in total. The highest BCUT2D eigenvalue weighted by molar-refractivity contribution is 5.60. The first-order chi connectivity index (χ1) is 17.0. The van der Waals surface area contributed by atoms with Gasteiger partial charge in [0.2, 0.25) is 0 Å². The molecule has 0 saturated carbocycles. The number of methoxy groups -OCH3 is 1. The first-order valence-corrected chi connectivity index (χ1v) is 10.4. The molecule has 3 aromatic heterocycles. The lowest BCUT2D eigenvalue weighted by Crippen LogP contribution is -2.18. The fourth-order valence-corrected chi connectivity index (χ4v) is 3.61. The number of rotatable bonds is 7. The molecule has 0 atom stereocenters. The van der Waals surface area contributed by atoms with Crippen LogP contribution in [0.15, 0.2) is 90.2 Å². The van der Waals surface area contributed by atoms with Crippen molar-refractivity contribution in [2.24, 2.45) is 0 Å². The summed E-state index contributed by atoms with van der Waals surface area (Å²) in [5.74, 6) is -0.191. The molecule has 11 heteroatoms. The fourth-order valence-electron chi connectivity index (χ4n) is 3.61. The number of benzene rings is 2. The van der Waals surface area contributed by atoms with Crippen molar-refractivity contribution in [2.45, 2.75) is 6.61 Å². The lowest BCUT2D eigenvalue weighted by Gasteiger charge is -2.16. The Morgan fingerprint density at radius 3 is 2.43 bits per heavy atom. The van der Waals surface area contributed by atoms with Crippen molar-refractivity contribution < 1.29 is 18.3 Å². The third-order valence-electron chi connectivity index (χ3n) is 5.17. The molecule has 5 rings (SSSR count). The Kier molecular flexibility index (Phi) is 5.80. The van der Waals surface area contributed by atoms with E-state index < -0.39 is 12.0 Å². The number of para-hydroxylation sites is 1. The molecule has 176 valence electrons. The van der Waals surface area contributed by atoms with Crippen molar-refractivity contribution in [3.8, 4) is 39.9 Å². The monoisotopic (exact) mass is 476 g/mol. The smallest absolute Gasteiger partial charge is 0.387 e. The van der Waals surface area contributed by atoms with E-state index in [1.165, 1.54) is 34.9 Å². The van der Waals surface area contributed by atoms with Gasteiger partial charge in [-0.2, -0.15) is 24.1 Å². The van der Waals surface area contributed by atoms with Crippen molar-refractivity contribution in [1.82, 2.24) is 29.3 Å². The average Bonchev–Trinajstić information content (AvgIpc) is 3.57. The first kappa shape index (κ1) is 22.0. The second-order valence-electron chi connectivity index (χ2n) is 7.26. The number of halogens is 2. The van der Waals surface area contributed by atoms with E-state index in [0.717, 1.165) is 0 Å². The zero-order valence-corrected chi connectivity index (χ0v) is 18.3. The lowest BCUT2D eigenvalue weighted by atomic mass is 10.2. The number of alkyl halides is 2. The van der Waals surface area contributed by atoms with Gasteiger partial charge in [0, 0.05) is 18.5 Å². The van der Waals surface area contributed by atoms with Crippen LogP contribution >= 0.6 is 0 Å². The van der Waals surface area contributed by atoms with Gasteiger partial charge in [0.05, 0.1) is 36.6 Å². The molecule has 0 aliphatic heterocycles. The predicted molar refractivity (Wildman–Crippen MR) is 123 cm³/mol. The van der Waals surface area contributed by atoms with Crippen molar-refractivity contribution in [2.75, 3.05) is 7.11 Å². The van der Waals surface area contributed by atoms with Crippen molar-refractivity contribution in [3.05, 3.63) is 95.7 Å². The summed E-state index contributed by atoms with van der Waals surface area (Å²) < 4.78 is 41.0. The molecular formula is C24H18F2N6O3. The molecule has 0 spiro atoms. The summed E-state index contributed by atoms with van der Waals surface area (Å²) in [7, 11) is 1.34. The van der Waals surface area contributed by atoms with Crippen molar-refractivity contribution in [3.63, 3.8) is 0 Å². The molecule has 35 heavy (non-hydrogen) atoms. The van der Waals surface area contributed by atoms with Crippen LogP contribution in [0.1, 0.15) is 0 Å². The molecule has 5 aromatic rings. The van der Waals surface area contributed by atoms with Crippen LogP contribution < -0.4 is 14.9 Å². The third-order valence-corrected chi connectivity index (χ3v) is 5.17. The highest BCUT2D eigenvalue weighted by Crippen LogP contribution is 2.29. The summed E-state index contributed by atoms with van der Waals surface area (Å²) in [5.41, 5.74) is 1.33. The molecule has 0 amide bonds. The van der Waals surface area contributed by atoms with Crippen LogP contribution in [-0.4, -0.2) is 43.1 Å². The van der Waals surface area contributed by atoms with Crippen LogP contribution in [0.2, 0.25) is 0 Å². The molecular weight excluding hydrogens is 458 g/mol. The van der Waals surface area contributed by atoms with E-state index >= 15 is 0 Å². The molecule has 0 saturated heterocycles. The van der Waals surface area contributed by atoms with E-state index in [1.807, 2.05) is 30.3 Å². The van der Waals surface area contributed by atoms with Crippen molar-refractivity contribution >= 4 is 0 Å². The van der Waals surface area contributed by atoms with Gasteiger partial charge in [-0.25, -0.2) is 14.0 Å². The second kappa shape index (κ2) is 9.21. The molecule has 0 bridgehead atoms. The summed E-state index contributed by atoms with van der Waals surface area (Å²) in [4.78, 5) is 13.1. The number of aromatic nitrogens is 6. The summed E-state index contributed by atoms with van der Waals surface area (Å²) in [5, 5.41) is 12.9. The maximum atomic E-state index is 13.3. The van der Waals surface area contributed by atoms with Crippen LogP contribution in [0.25, 0.3) is 28.5 Å². The van der Waals surface area contributed by atoms with Crippen LogP contribution in [0.3, 0.4) is 0 Å². The standard InChI is InChI=1S/C24H18F2N6O3/c1-34-21-15-31(18-9-8-17(30-13-5-11-27-30)14-20(18)35-24(25)26)29-22(23(21)33)19-10-12-28-32(19)16-6-3-2-4-7-16/h2-15,24H,1H3. The Bertz CT molecular complexity index is 1510. The van der Waals surface area contributed by atoms with Crippen LogP contribution in [0, 0.1) is 0 Å². The Balaban J connectivity index is 1.68. The summed E-state index contributed by atoms with van der Waals surface area (Å²) >= 11 is 0. The lowest BCUT2D eigenvalue weighted by molar-refractivity contribution is -0.0499. The van der Waals surface area contributed by atoms with E-state index in [-0.39, 0.29) is 22.9 Å². The molecule has 0 radical (unpaired) electrons. The molecule has 0 unspecified atom stereocenters. The summed E-state index contributed by atoms with van der Waals surface area (Å²) in [6.07, 6.45) is 6.09. The largest absolute Gasteiger partial charge is 0.491 e. The Morgan fingerprint density at radius 2 is 1.71 bits per heavy atom. The molecule has 3 heterocycles. The molecule has 2 aromatic carbocycles. The van der Waals surface area contributed by atoms with E-state index in [9.17, 15) is 13.6 Å². The second-order valence-corrected chi connectivity index (χ2v) is 7.26. The fraction of sp³-hybridized carbons (Fsp3) is 0.0833. The van der Waals surface area contributed by atoms with Gasteiger partial charge in [0.15, 0.2) is 17.2 Å². The molecule has 9 nitrogen and oxygen atoms in total. The highest BCUT2D eigenvalue weighted by atomic mass is 19.3. The SMILES string of the molecule is COc1cn(-c2ccc(-n3cccn3)cc2OC(F)F)nc(-c2ccnn2-c2ccccc2)c1=O. The quantitative estimate of drug-likeness (QED) is 0.354. The number of hydrogen-bond acceptors (Lipinski definition) is 6. The normalized spacial score (nSPS) is 11.1. The number of nitrogens with zero attached hydrogens (tertiary/aromatic N) is 6. The van der Waals surface area contributed by atoms with E-state index in [1.54, 1.807) is 41.3 Å². The minimum Gasteiger partial charge on any atom is -0.491 e. The Hall–Kier alpha value is -4.80. The van der Waals surface area contributed by atoms with Gasteiger partial charge in [-0.1, -0.05) is 18.2 Å². The zero-order chi connectivity index (χ0) is 24.4. The van der Waals surface area contributed by atoms with Crippen LogP contribution in [-0.2, 0) is 0 Å². The van der Waals surface area contributed by atoms with Crippen LogP contribution in [0.5, 0.6) is 11.5 Å². The third kappa shape index (κ3) is 4.26. The van der Waals surface area contributed by atoms with E-state index in [0.29, 0.717) is 17.1 Å². The van der Waals surface area contributed by atoms with Crippen molar-refractivity contribution in [1.29, 1.82) is 0 Å². The average molecular weight is 476 g/mol. The van der Waals surface area contributed by atoms with Gasteiger partial charge in [0.25, 0.3) is 5.43 Å². The number of ether oxygens (including phenoxy) is 2. The van der Waals surface area contributed by atoms with Gasteiger partial charge >= 0.3 is 6.61 Å². The van der Waals surface area contributed by atoms with Gasteiger partial charge < -0.3 is 9.47 Å². The zero-order valence-electron chi connectivity index (χ0n) is 18.3. The number of hydrogen-bond donors (Lipinski definition) is 0. The molecule has 0 fully saturated rings. The Labute approximate surface area is 197 Å². The van der Waals surface area contributed by atoms with Crippen LogP contribution in [0.4, 0.5) is 8.78 Å². The van der Waals surface area contributed by atoms with Gasteiger partial charge in [-0.15, -0.1) is 0 Å². The summed E-state index contributed by atoms with van der Waals surface area (Å²) in [6.45, 7) is -3.08. The maximum Gasteiger partial charge on any atom is 0.387 e. The van der Waals surface area contributed by atoms with Gasteiger partial charge in [-0.3, -0.25) is 4.79 Å². The minimum atomic E-state index is -3.08. The van der Waals surface area contributed by atoms with E-state index in [4.69, 9.17) is 9.47 Å². The molecule has 0 aliphatic rings. The minimum absolute atomic E-state index is 0.0184. The van der Waals surface area contributed by atoms with Gasteiger partial charge in [-0.05, 0) is 36.4 Å². The maximum absolute atomic E-state index is 13.3. The summed E-state index contributed by atoms with van der Waals surface area (Å²) in [6, 6.07) is 17.2.